The van der Waals surface area contributed by atoms with Gasteiger partial charge in [-0.15, -0.1) is 22.7 Å². The van der Waals surface area contributed by atoms with Crippen molar-refractivity contribution in [2.24, 2.45) is 0 Å². The Hall–Kier alpha value is -7.31. The first-order valence-corrected chi connectivity index (χ1v) is 21.7. The topological polar surface area (TPSA) is 38.7 Å². The quantitative estimate of drug-likeness (QED) is 0.168. The SMILES string of the molecule is c1cncc(-c2ccc(-c3cc(-c4cc(-c5ccc6sc7ccccc7c6c5)cc(-c5ccc6sc7ccccc7c6c5)c4)nc(-c4ccc5ccccc5c4)n3)cc2)c1. The van der Waals surface area contributed by atoms with Crippen molar-refractivity contribution in [2.75, 3.05) is 0 Å². The minimum Gasteiger partial charge on any atom is -0.264 e. The van der Waals surface area contributed by atoms with E-state index in [9.17, 15) is 0 Å². The van der Waals surface area contributed by atoms with Crippen molar-refractivity contribution in [3.05, 3.63) is 200 Å². The van der Waals surface area contributed by atoms with Crippen LogP contribution in [0.1, 0.15) is 0 Å². The fraction of sp³-hybridized carbons (Fsp3) is 0. The molecule has 0 spiro atoms. The highest BCUT2D eigenvalue weighted by Crippen LogP contribution is 2.41. The van der Waals surface area contributed by atoms with E-state index in [1.165, 1.54) is 56.9 Å². The molecule has 4 aromatic heterocycles. The maximum Gasteiger partial charge on any atom is 0.160 e. The second kappa shape index (κ2) is 14.2. The lowest BCUT2D eigenvalue weighted by molar-refractivity contribution is 1.18. The molecule has 5 heteroatoms. The van der Waals surface area contributed by atoms with Crippen LogP contribution in [0.5, 0.6) is 0 Å². The van der Waals surface area contributed by atoms with Gasteiger partial charge in [-0.2, -0.15) is 0 Å². The summed E-state index contributed by atoms with van der Waals surface area (Å²) >= 11 is 3.70. The molecule has 0 fully saturated rings. The molecular formula is C55H33N3S2. The molecule has 0 saturated heterocycles. The van der Waals surface area contributed by atoms with E-state index in [0.29, 0.717) is 5.82 Å². The van der Waals surface area contributed by atoms with Gasteiger partial charge in [-0.3, -0.25) is 4.98 Å². The van der Waals surface area contributed by atoms with E-state index in [2.05, 4.69) is 187 Å². The number of aromatic nitrogens is 3. The number of rotatable bonds is 6. The van der Waals surface area contributed by atoms with E-state index in [1.54, 1.807) is 6.20 Å². The van der Waals surface area contributed by atoms with Gasteiger partial charge in [0.25, 0.3) is 0 Å². The van der Waals surface area contributed by atoms with Crippen LogP contribution in [0.3, 0.4) is 0 Å². The molecule has 0 saturated carbocycles. The summed E-state index contributed by atoms with van der Waals surface area (Å²) in [7, 11) is 0. The van der Waals surface area contributed by atoms with Crippen molar-refractivity contribution < 1.29 is 0 Å². The number of hydrogen-bond acceptors (Lipinski definition) is 5. The van der Waals surface area contributed by atoms with Crippen molar-refractivity contribution in [2.45, 2.75) is 0 Å². The Morgan fingerprint density at radius 1 is 0.300 bits per heavy atom. The first kappa shape index (κ1) is 34.7. The van der Waals surface area contributed by atoms with Crippen molar-refractivity contribution in [1.29, 1.82) is 0 Å². The largest absolute Gasteiger partial charge is 0.264 e. The van der Waals surface area contributed by atoms with E-state index < -0.39 is 0 Å². The van der Waals surface area contributed by atoms with Crippen molar-refractivity contribution in [1.82, 2.24) is 15.0 Å². The third kappa shape index (κ3) is 6.15. The number of nitrogens with zero attached hydrogens (tertiary/aromatic N) is 3. The molecule has 280 valence electrons. The summed E-state index contributed by atoms with van der Waals surface area (Å²) in [6.45, 7) is 0. The minimum absolute atomic E-state index is 0.689. The van der Waals surface area contributed by atoms with Crippen molar-refractivity contribution >= 4 is 73.8 Å². The normalized spacial score (nSPS) is 11.7. The molecule has 8 aromatic carbocycles. The second-order valence-electron chi connectivity index (χ2n) is 15.3. The van der Waals surface area contributed by atoms with Gasteiger partial charge in [0.05, 0.1) is 11.4 Å². The lowest BCUT2D eigenvalue weighted by Crippen LogP contribution is -1.97. The first-order chi connectivity index (χ1) is 29.7. The van der Waals surface area contributed by atoms with Crippen LogP contribution in [0.25, 0.3) is 118 Å². The molecule has 3 nitrogen and oxygen atoms in total. The maximum atomic E-state index is 5.39. The Labute approximate surface area is 354 Å². The molecule has 0 radical (unpaired) electrons. The summed E-state index contributed by atoms with van der Waals surface area (Å²) in [5, 5.41) is 7.49. The van der Waals surface area contributed by atoms with Crippen LogP contribution in [0, 0.1) is 0 Å². The lowest BCUT2D eigenvalue weighted by Gasteiger charge is -2.14. The zero-order valence-electron chi connectivity index (χ0n) is 32.2. The average Bonchev–Trinajstić information content (AvgIpc) is 3.89. The van der Waals surface area contributed by atoms with Gasteiger partial charge in [0, 0.05) is 69.4 Å². The van der Waals surface area contributed by atoms with Gasteiger partial charge in [-0.05, 0) is 117 Å². The Balaban J connectivity index is 1.07. The van der Waals surface area contributed by atoms with E-state index in [-0.39, 0.29) is 0 Å². The van der Waals surface area contributed by atoms with Crippen LogP contribution in [-0.2, 0) is 0 Å². The van der Waals surface area contributed by atoms with E-state index >= 15 is 0 Å². The van der Waals surface area contributed by atoms with E-state index in [1.807, 2.05) is 34.9 Å². The molecule has 0 atom stereocenters. The van der Waals surface area contributed by atoms with Crippen LogP contribution in [0.2, 0.25) is 0 Å². The summed E-state index contributed by atoms with van der Waals surface area (Å²) in [6, 6.07) is 68.0. The molecule has 60 heavy (non-hydrogen) atoms. The summed E-state index contributed by atoms with van der Waals surface area (Å²) in [5.74, 6) is 0.689. The Bertz CT molecular complexity index is 3470. The smallest absolute Gasteiger partial charge is 0.160 e. The fourth-order valence-corrected chi connectivity index (χ4v) is 10.7. The molecular weight excluding hydrogens is 767 g/mol. The second-order valence-corrected chi connectivity index (χ2v) is 17.4. The third-order valence-electron chi connectivity index (χ3n) is 11.6. The van der Waals surface area contributed by atoms with Gasteiger partial charge in [-0.1, -0.05) is 115 Å². The van der Waals surface area contributed by atoms with Crippen LogP contribution in [0.4, 0.5) is 0 Å². The van der Waals surface area contributed by atoms with Crippen LogP contribution >= 0.6 is 22.7 Å². The highest BCUT2D eigenvalue weighted by molar-refractivity contribution is 7.26. The fourth-order valence-electron chi connectivity index (χ4n) is 8.49. The molecule has 12 rings (SSSR count). The monoisotopic (exact) mass is 799 g/mol. The molecule has 0 aliphatic carbocycles. The summed E-state index contributed by atoms with van der Waals surface area (Å²) in [4.78, 5) is 15.0. The van der Waals surface area contributed by atoms with E-state index in [0.717, 1.165) is 55.7 Å². The Kier molecular flexibility index (Phi) is 8.22. The molecule has 4 heterocycles. The molecule has 0 unspecified atom stereocenters. The number of benzene rings is 8. The molecule has 12 aromatic rings. The predicted molar refractivity (Wildman–Crippen MR) is 256 cm³/mol. The minimum atomic E-state index is 0.689. The maximum absolute atomic E-state index is 5.39. The number of fused-ring (bicyclic) bond motifs is 7. The summed E-state index contributed by atoms with van der Waals surface area (Å²) in [6.07, 6.45) is 3.71. The average molecular weight is 800 g/mol. The summed E-state index contributed by atoms with van der Waals surface area (Å²) < 4.78 is 5.19. The Morgan fingerprint density at radius 2 is 0.833 bits per heavy atom. The zero-order chi connectivity index (χ0) is 39.6. The van der Waals surface area contributed by atoms with Crippen LogP contribution in [0.15, 0.2) is 200 Å². The summed E-state index contributed by atoms with van der Waals surface area (Å²) in [5.41, 5.74) is 11.6. The number of pyridine rings is 1. The van der Waals surface area contributed by atoms with Crippen LogP contribution in [-0.4, -0.2) is 15.0 Å². The standard InChI is InChI=1S/C55H33N3S2/c1-2-9-37-26-40(20-17-34(37)8-1)55-57-49(36-18-15-35(16-19-36)41-10-7-25-56-33-41)32-50(58-55)44-28-42(38-21-23-53-47(30-38)45-11-3-5-13-51(45)59-53)27-43(29-44)39-22-24-54-48(31-39)46-12-4-6-14-52(46)60-54/h1-33H. The Morgan fingerprint density at radius 3 is 1.48 bits per heavy atom. The predicted octanol–water partition coefficient (Wildman–Crippen LogP) is 15.8. The van der Waals surface area contributed by atoms with Gasteiger partial charge < -0.3 is 0 Å². The van der Waals surface area contributed by atoms with Crippen molar-refractivity contribution in [3.63, 3.8) is 0 Å². The van der Waals surface area contributed by atoms with Gasteiger partial charge >= 0.3 is 0 Å². The highest BCUT2D eigenvalue weighted by Gasteiger charge is 2.16. The van der Waals surface area contributed by atoms with Gasteiger partial charge in [0.15, 0.2) is 5.82 Å². The molecule has 0 amide bonds. The molecule has 0 aliphatic rings. The number of hydrogen-bond donors (Lipinski definition) is 0. The van der Waals surface area contributed by atoms with Gasteiger partial charge in [0.2, 0.25) is 0 Å². The van der Waals surface area contributed by atoms with Crippen molar-refractivity contribution in [3.8, 4) is 67.3 Å². The molecule has 0 aliphatic heterocycles. The molecule has 0 bridgehead atoms. The zero-order valence-corrected chi connectivity index (χ0v) is 33.8. The van der Waals surface area contributed by atoms with Crippen LogP contribution < -0.4 is 0 Å². The first-order valence-electron chi connectivity index (χ1n) is 20.0. The highest BCUT2D eigenvalue weighted by atomic mass is 32.1. The third-order valence-corrected chi connectivity index (χ3v) is 13.9. The number of thiophene rings is 2. The van der Waals surface area contributed by atoms with Gasteiger partial charge in [-0.25, -0.2) is 9.97 Å². The lowest BCUT2D eigenvalue weighted by atomic mass is 9.93. The molecule has 0 N–H and O–H groups in total. The van der Waals surface area contributed by atoms with E-state index in [4.69, 9.17) is 9.97 Å². The van der Waals surface area contributed by atoms with Gasteiger partial charge in [0.1, 0.15) is 0 Å².